The second kappa shape index (κ2) is 8.19. The summed E-state index contributed by atoms with van der Waals surface area (Å²) in [4.78, 5) is 24.0. The fourth-order valence-corrected chi connectivity index (χ4v) is 3.06. The van der Waals surface area contributed by atoms with Gasteiger partial charge in [0.1, 0.15) is 0 Å². The maximum atomic E-state index is 12.2. The first-order valence-electron chi connectivity index (χ1n) is 7.97. The van der Waals surface area contributed by atoms with E-state index in [4.69, 9.17) is 10.5 Å². The van der Waals surface area contributed by atoms with E-state index in [0.717, 1.165) is 4.31 Å². The number of carbonyl (C=O) groups excluding carboxylic acids is 2. The van der Waals surface area contributed by atoms with Gasteiger partial charge in [0.25, 0.3) is 5.91 Å². The highest BCUT2D eigenvalue weighted by atomic mass is 32.2. The van der Waals surface area contributed by atoms with Gasteiger partial charge in [-0.2, -0.15) is 0 Å². The number of aryl methyl sites for hydroxylation is 1. The van der Waals surface area contributed by atoms with Crippen molar-refractivity contribution in [3.63, 3.8) is 0 Å². The molecule has 27 heavy (non-hydrogen) atoms. The molecule has 0 aliphatic carbocycles. The van der Waals surface area contributed by atoms with Crippen LogP contribution in [-0.2, 0) is 19.6 Å². The van der Waals surface area contributed by atoms with Crippen molar-refractivity contribution in [2.24, 2.45) is 0 Å². The molecule has 0 fully saturated rings. The number of hydrogen-bond donors (Lipinski definition) is 2. The largest absolute Gasteiger partial charge is 0.452 e. The lowest BCUT2D eigenvalue weighted by Gasteiger charge is -2.14. The van der Waals surface area contributed by atoms with Gasteiger partial charge in [-0.05, 0) is 48.9 Å². The molecule has 0 aliphatic rings. The van der Waals surface area contributed by atoms with E-state index in [-0.39, 0.29) is 10.5 Å². The number of nitrogens with one attached hydrogen (secondary N) is 1. The van der Waals surface area contributed by atoms with E-state index in [0.29, 0.717) is 16.9 Å². The summed E-state index contributed by atoms with van der Waals surface area (Å²) in [5.74, 6) is -1.24. The Labute approximate surface area is 158 Å². The fourth-order valence-electron chi connectivity index (χ4n) is 2.13. The Hall–Kier alpha value is -2.91. The van der Waals surface area contributed by atoms with Crippen molar-refractivity contribution in [2.75, 3.05) is 31.8 Å². The molecule has 2 aromatic rings. The molecule has 0 aliphatic heterocycles. The molecule has 2 aromatic carbocycles. The van der Waals surface area contributed by atoms with Crippen molar-refractivity contribution in [2.45, 2.75) is 11.8 Å². The van der Waals surface area contributed by atoms with E-state index in [2.05, 4.69) is 5.32 Å². The average molecular weight is 391 g/mol. The number of anilines is 2. The van der Waals surface area contributed by atoms with Crippen molar-refractivity contribution in [3.8, 4) is 0 Å². The summed E-state index contributed by atoms with van der Waals surface area (Å²) in [5.41, 5.74) is 7.32. The first-order chi connectivity index (χ1) is 12.6. The highest BCUT2D eigenvalue weighted by Crippen LogP contribution is 2.22. The second-order valence-electron chi connectivity index (χ2n) is 6.01. The minimum absolute atomic E-state index is 0.0484. The normalized spacial score (nSPS) is 11.3. The van der Waals surface area contributed by atoms with Crippen LogP contribution in [0.1, 0.15) is 15.9 Å². The molecule has 1 amide bonds. The van der Waals surface area contributed by atoms with Gasteiger partial charge in [-0.15, -0.1) is 0 Å². The lowest BCUT2D eigenvalue weighted by Crippen LogP contribution is -2.23. The molecule has 8 nitrogen and oxygen atoms in total. The first kappa shape index (κ1) is 20.4. The first-order valence-corrected chi connectivity index (χ1v) is 9.41. The third-order valence-electron chi connectivity index (χ3n) is 3.74. The summed E-state index contributed by atoms with van der Waals surface area (Å²) in [6.45, 7) is 1.22. The van der Waals surface area contributed by atoms with E-state index < -0.39 is 28.5 Å². The maximum Gasteiger partial charge on any atom is 0.338 e. The monoisotopic (exact) mass is 391 g/mol. The molecule has 0 unspecified atom stereocenters. The minimum atomic E-state index is -3.63. The van der Waals surface area contributed by atoms with Gasteiger partial charge in [-0.1, -0.05) is 6.07 Å². The van der Waals surface area contributed by atoms with Crippen LogP contribution in [0.2, 0.25) is 0 Å². The van der Waals surface area contributed by atoms with E-state index in [1.807, 2.05) is 0 Å². The van der Waals surface area contributed by atoms with Crippen LogP contribution in [0.25, 0.3) is 0 Å². The van der Waals surface area contributed by atoms with E-state index in [9.17, 15) is 18.0 Å². The number of amides is 1. The number of nitrogen functional groups attached to an aromatic ring is 1. The van der Waals surface area contributed by atoms with Gasteiger partial charge in [0, 0.05) is 25.5 Å². The smallest absolute Gasteiger partial charge is 0.338 e. The predicted molar refractivity (Wildman–Crippen MR) is 102 cm³/mol. The number of rotatable bonds is 6. The van der Waals surface area contributed by atoms with Gasteiger partial charge in [0.15, 0.2) is 6.61 Å². The van der Waals surface area contributed by atoms with Gasteiger partial charge in [-0.3, -0.25) is 4.79 Å². The van der Waals surface area contributed by atoms with Crippen LogP contribution in [0.3, 0.4) is 0 Å². The maximum absolute atomic E-state index is 12.2. The van der Waals surface area contributed by atoms with Crippen molar-refractivity contribution >= 4 is 33.3 Å². The van der Waals surface area contributed by atoms with Gasteiger partial charge in [0.2, 0.25) is 10.0 Å². The summed E-state index contributed by atoms with van der Waals surface area (Å²) < 4.78 is 30.5. The van der Waals surface area contributed by atoms with Gasteiger partial charge in [-0.25, -0.2) is 17.5 Å². The number of esters is 1. The van der Waals surface area contributed by atoms with Crippen LogP contribution in [0.4, 0.5) is 11.4 Å². The molecule has 144 valence electrons. The number of hydrogen-bond acceptors (Lipinski definition) is 6. The van der Waals surface area contributed by atoms with Crippen molar-refractivity contribution in [1.29, 1.82) is 0 Å². The zero-order chi connectivity index (χ0) is 20.2. The fraction of sp³-hybridized carbons (Fsp3) is 0.222. The molecule has 3 N–H and O–H groups in total. The summed E-state index contributed by atoms with van der Waals surface area (Å²) in [6, 6.07) is 10.5. The number of sulfonamides is 1. The molecule has 0 radical (unpaired) electrons. The average Bonchev–Trinajstić information content (AvgIpc) is 2.61. The topological polar surface area (TPSA) is 119 Å². The Bertz CT molecular complexity index is 953. The number of nitrogens with two attached hydrogens (primary N) is 1. The second-order valence-corrected chi connectivity index (χ2v) is 8.16. The molecule has 0 saturated carbocycles. The van der Waals surface area contributed by atoms with E-state index in [1.54, 1.807) is 25.1 Å². The SMILES string of the molecule is Cc1ccc(S(=O)(=O)N(C)C)cc1NC(=O)COC(=O)c1ccc(N)cc1. The predicted octanol–water partition coefficient (Wildman–Crippen LogP) is 1.62. The van der Waals surface area contributed by atoms with Gasteiger partial charge >= 0.3 is 5.97 Å². The Balaban J connectivity index is 2.05. The molecule has 0 aromatic heterocycles. The molecular weight excluding hydrogens is 370 g/mol. The zero-order valence-electron chi connectivity index (χ0n) is 15.2. The number of ether oxygens (including phenoxy) is 1. The highest BCUT2D eigenvalue weighted by molar-refractivity contribution is 7.89. The van der Waals surface area contributed by atoms with Crippen LogP contribution >= 0.6 is 0 Å². The summed E-state index contributed by atoms with van der Waals surface area (Å²) in [6.07, 6.45) is 0. The Morgan fingerprint density at radius 3 is 2.33 bits per heavy atom. The van der Waals surface area contributed by atoms with Crippen molar-refractivity contribution in [3.05, 3.63) is 53.6 Å². The summed E-state index contributed by atoms with van der Waals surface area (Å²) >= 11 is 0. The van der Waals surface area contributed by atoms with Crippen LogP contribution in [-0.4, -0.2) is 45.3 Å². The molecule has 9 heteroatoms. The van der Waals surface area contributed by atoms with Crippen LogP contribution in [0.15, 0.2) is 47.4 Å². The van der Waals surface area contributed by atoms with E-state index in [1.165, 1.54) is 38.4 Å². The molecule has 0 atom stereocenters. The Morgan fingerprint density at radius 2 is 1.74 bits per heavy atom. The lowest BCUT2D eigenvalue weighted by molar-refractivity contribution is -0.119. The highest BCUT2D eigenvalue weighted by Gasteiger charge is 2.19. The summed E-state index contributed by atoms with van der Waals surface area (Å²) in [5, 5.41) is 2.56. The van der Waals surface area contributed by atoms with E-state index >= 15 is 0 Å². The minimum Gasteiger partial charge on any atom is -0.452 e. The standard InChI is InChI=1S/C18H21N3O5S/c1-12-4-9-15(27(24,25)21(2)3)10-16(12)20-17(22)11-26-18(23)13-5-7-14(19)8-6-13/h4-10H,11,19H2,1-3H3,(H,20,22). The number of benzene rings is 2. The molecule has 0 heterocycles. The van der Waals surface area contributed by atoms with Crippen LogP contribution < -0.4 is 11.1 Å². The zero-order valence-corrected chi connectivity index (χ0v) is 16.0. The third-order valence-corrected chi connectivity index (χ3v) is 5.55. The quantitative estimate of drug-likeness (QED) is 0.571. The molecule has 0 spiro atoms. The lowest BCUT2D eigenvalue weighted by atomic mass is 10.2. The third kappa shape index (κ3) is 5.05. The molecular formula is C18H21N3O5S. The number of nitrogens with zero attached hydrogens (tertiary/aromatic N) is 1. The molecule has 0 bridgehead atoms. The van der Waals surface area contributed by atoms with Crippen molar-refractivity contribution in [1.82, 2.24) is 4.31 Å². The number of carbonyl (C=O) groups is 2. The van der Waals surface area contributed by atoms with Crippen LogP contribution in [0.5, 0.6) is 0 Å². The van der Waals surface area contributed by atoms with Gasteiger partial charge in [0.05, 0.1) is 10.5 Å². The van der Waals surface area contributed by atoms with Gasteiger partial charge < -0.3 is 15.8 Å². The molecule has 2 rings (SSSR count). The summed E-state index contributed by atoms with van der Waals surface area (Å²) in [7, 11) is -0.789. The van der Waals surface area contributed by atoms with Crippen LogP contribution in [0, 0.1) is 6.92 Å². The van der Waals surface area contributed by atoms with Crippen molar-refractivity contribution < 1.29 is 22.7 Å². The Morgan fingerprint density at radius 1 is 1.11 bits per heavy atom. The Kier molecular flexibility index (Phi) is 6.19. The molecule has 0 saturated heterocycles.